The van der Waals surface area contributed by atoms with Crippen LogP contribution >= 0.6 is 0 Å². The molecule has 0 atom stereocenters. The average molecular weight is 519 g/mol. The molecule has 200 valence electrons. The normalized spacial score (nSPS) is 24.7. The van der Waals surface area contributed by atoms with Gasteiger partial charge >= 0.3 is 0 Å². The zero-order chi connectivity index (χ0) is 26.1. The number of nitrogens with zero attached hydrogens (tertiary/aromatic N) is 2. The third kappa shape index (κ3) is 5.94. The lowest BCUT2D eigenvalue weighted by Gasteiger charge is -2.49. The van der Waals surface area contributed by atoms with E-state index in [4.69, 9.17) is 0 Å². The van der Waals surface area contributed by atoms with E-state index in [1.54, 1.807) is 4.90 Å². The van der Waals surface area contributed by atoms with Gasteiger partial charge in [-0.2, -0.15) is 0 Å². The van der Waals surface area contributed by atoms with Crippen LogP contribution in [0, 0.1) is 11.8 Å². The van der Waals surface area contributed by atoms with Gasteiger partial charge in [0.05, 0.1) is 11.7 Å². The number of benzene rings is 1. The van der Waals surface area contributed by atoms with Gasteiger partial charge in [-0.05, 0) is 86.7 Å². The van der Waals surface area contributed by atoms with Crippen molar-refractivity contribution < 1.29 is 18.0 Å². The van der Waals surface area contributed by atoms with E-state index >= 15 is 0 Å². The minimum absolute atomic E-state index is 0.0979. The number of carbonyl (C=O) groups is 2. The Bertz CT molecular complexity index is 1070. The number of amides is 2. The largest absolute Gasteiger partial charge is 0.336 e. The van der Waals surface area contributed by atoms with Crippen molar-refractivity contribution in [3.8, 4) is 0 Å². The maximum absolute atomic E-state index is 13.9. The number of likely N-dealkylation sites (tertiary alicyclic amines) is 1. The fraction of sp³-hybridized carbons (Fsp3) is 0.704. The van der Waals surface area contributed by atoms with Crippen LogP contribution in [0.5, 0.6) is 0 Å². The molecule has 2 N–H and O–H groups in total. The molecule has 0 unspecified atom stereocenters. The second-order valence-electron chi connectivity index (χ2n) is 11.4. The summed E-state index contributed by atoms with van der Waals surface area (Å²) >= 11 is 0. The molecule has 1 aromatic carbocycles. The Labute approximate surface area is 216 Å². The van der Waals surface area contributed by atoms with Crippen molar-refractivity contribution in [2.75, 3.05) is 37.8 Å². The second-order valence-corrected chi connectivity index (χ2v) is 13.2. The van der Waals surface area contributed by atoms with E-state index < -0.39 is 15.4 Å². The van der Waals surface area contributed by atoms with E-state index in [9.17, 15) is 18.0 Å². The van der Waals surface area contributed by atoms with Crippen molar-refractivity contribution in [3.05, 3.63) is 29.3 Å². The molecule has 1 aromatic rings. The number of hydrogen-bond donors (Lipinski definition) is 2. The molecule has 0 bridgehead atoms. The van der Waals surface area contributed by atoms with Gasteiger partial charge in [-0.1, -0.05) is 19.9 Å². The van der Waals surface area contributed by atoms with E-state index in [1.165, 1.54) is 32.6 Å². The molecule has 2 amide bonds. The van der Waals surface area contributed by atoms with E-state index in [1.807, 2.05) is 18.2 Å². The van der Waals surface area contributed by atoms with Gasteiger partial charge in [0.25, 0.3) is 0 Å². The number of fused-ring (bicyclic) bond motifs is 2. The maximum Gasteiger partial charge on any atom is 0.233 e. The molecule has 36 heavy (non-hydrogen) atoms. The first-order chi connectivity index (χ1) is 17.0. The van der Waals surface area contributed by atoms with Gasteiger partial charge in [-0.3, -0.25) is 9.59 Å². The molecule has 8 nitrogen and oxygen atoms in total. The molecule has 1 aliphatic carbocycles. The molecule has 0 radical (unpaired) electrons. The maximum atomic E-state index is 13.9. The summed E-state index contributed by atoms with van der Waals surface area (Å²) in [6, 6.07) is 6.50. The van der Waals surface area contributed by atoms with E-state index in [0.29, 0.717) is 19.1 Å². The Kier molecular flexibility index (Phi) is 8.12. The summed E-state index contributed by atoms with van der Waals surface area (Å²) in [5, 5.41) is 2.85. The van der Waals surface area contributed by atoms with Gasteiger partial charge in [0.1, 0.15) is 0 Å². The van der Waals surface area contributed by atoms with Crippen molar-refractivity contribution in [1.82, 2.24) is 14.5 Å². The van der Waals surface area contributed by atoms with Crippen LogP contribution in [0.15, 0.2) is 18.2 Å². The summed E-state index contributed by atoms with van der Waals surface area (Å²) in [4.78, 5) is 30.0. The molecule has 2 aliphatic heterocycles. The van der Waals surface area contributed by atoms with Crippen LogP contribution in [-0.4, -0.2) is 68.5 Å². The molecule has 3 aliphatic rings. The zero-order valence-electron chi connectivity index (χ0n) is 22.2. The highest BCUT2D eigenvalue weighted by molar-refractivity contribution is 7.88. The molecule has 0 aromatic heterocycles. The lowest BCUT2D eigenvalue weighted by atomic mass is 9.67. The molecule has 1 saturated carbocycles. The lowest BCUT2D eigenvalue weighted by molar-refractivity contribution is -0.142. The zero-order valence-corrected chi connectivity index (χ0v) is 23.0. The summed E-state index contributed by atoms with van der Waals surface area (Å²) in [6.07, 6.45) is 7.72. The summed E-state index contributed by atoms with van der Waals surface area (Å²) in [5.74, 6) is 1.54. The number of nitrogens with one attached hydrogen (secondary N) is 2. The average Bonchev–Trinajstić information content (AvgIpc) is 2.81. The summed E-state index contributed by atoms with van der Waals surface area (Å²) < 4.78 is 25.7. The number of hydrogen-bond acceptors (Lipinski definition) is 5. The molecule has 1 saturated heterocycles. The Hall–Kier alpha value is -1.97. The van der Waals surface area contributed by atoms with Crippen molar-refractivity contribution in [2.24, 2.45) is 11.8 Å². The van der Waals surface area contributed by atoms with Crippen LogP contribution in [0.4, 0.5) is 5.69 Å². The molecule has 1 spiro atoms. The quantitative estimate of drug-likeness (QED) is 0.578. The number of anilines is 1. The van der Waals surface area contributed by atoms with Gasteiger partial charge in [0, 0.05) is 38.3 Å². The molecule has 2 heterocycles. The van der Waals surface area contributed by atoms with Gasteiger partial charge in [-0.15, -0.1) is 0 Å². The standard InChI is InChI=1S/C27H42N4O4S/c1-19(2)21-5-8-24(9-6-21)30-14-11-27(12-15-30)25-10-7-23(29-20(3)32)17-22(25)18-31(26(27)33)16-13-28-36(4,34)35/h7,10,17,19,21,24,28H,5-6,8-9,11-16,18H2,1-4H3,(H,29,32). The molecule has 9 heteroatoms. The SMILES string of the molecule is CC(=O)Nc1ccc2c(c1)CN(CCNS(C)(=O)=O)C(=O)C21CCN(C2CCC(C(C)C)CC2)CC1. The number of carbonyl (C=O) groups excluding carboxylic acids is 2. The van der Waals surface area contributed by atoms with Gasteiger partial charge in [0.2, 0.25) is 21.8 Å². The molecular weight excluding hydrogens is 476 g/mol. The summed E-state index contributed by atoms with van der Waals surface area (Å²) in [6.45, 7) is 8.85. The van der Waals surface area contributed by atoms with Gasteiger partial charge in [-0.25, -0.2) is 13.1 Å². The Balaban J connectivity index is 1.53. The van der Waals surface area contributed by atoms with Crippen LogP contribution < -0.4 is 10.0 Å². The second kappa shape index (κ2) is 10.8. The minimum Gasteiger partial charge on any atom is -0.336 e. The van der Waals surface area contributed by atoms with E-state index in [0.717, 1.165) is 60.8 Å². The number of sulfonamides is 1. The first kappa shape index (κ1) is 27.1. The Morgan fingerprint density at radius 1 is 1.14 bits per heavy atom. The van der Waals surface area contributed by atoms with Crippen molar-refractivity contribution >= 4 is 27.5 Å². The number of piperidine rings is 1. The monoisotopic (exact) mass is 518 g/mol. The smallest absolute Gasteiger partial charge is 0.233 e. The van der Waals surface area contributed by atoms with Crippen LogP contribution in [0.2, 0.25) is 0 Å². The van der Waals surface area contributed by atoms with Crippen LogP contribution in [0.25, 0.3) is 0 Å². The number of rotatable bonds is 7. The van der Waals surface area contributed by atoms with Gasteiger partial charge < -0.3 is 15.1 Å². The van der Waals surface area contributed by atoms with E-state index in [2.05, 4.69) is 28.8 Å². The molecule has 2 fully saturated rings. The van der Waals surface area contributed by atoms with Crippen molar-refractivity contribution in [2.45, 2.75) is 77.3 Å². The Morgan fingerprint density at radius 3 is 2.39 bits per heavy atom. The van der Waals surface area contributed by atoms with Crippen molar-refractivity contribution in [1.29, 1.82) is 0 Å². The highest BCUT2D eigenvalue weighted by atomic mass is 32.2. The third-order valence-corrected chi connectivity index (χ3v) is 9.33. The van der Waals surface area contributed by atoms with E-state index in [-0.39, 0.29) is 18.4 Å². The Morgan fingerprint density at radius 2 is 1.81 bits per heavy atom. The lowest BCUT2D eigenvalue weighted by Crippen LogP contribution is -2.58. The minimum atomic E-state index is -3.33. The molecular formula is C27H42N4O4S. The third-order valence-electron chi connectivity index (χ3n) is 8.60. The van der Waals surface area contributed by atoms with Gasteiger partial charge in [0.15, 0.2) is 0 Å². The predicted octanol–water partition coefficient (Wildman–Crippen LogP) is 3.08. The molecule has 4 rings (SSSR count). The summed E-state index contributed by atoms with van der Waals surface area (Å²) in [7, 11) is -3.33. The van der Waals surface area contributed by atoms with Crippen LogP contribution in [-0.2, 0) is 31.6 Å². The topological polar surface area (TPSA) is 98.8 Å². The predicted molar refractivity (Wildman–Crippen MR) is 142 cm³/mol. The van der Waals surface area contributed by atoms with Crippen LogP contribution in [0.1, 0.15) is 70.4 Å². The fourth-order valence-electron chi connectivity index (χ4n) is 6.60. The first-order valence-corrected chi connectivity index (χ1v) is 15.3. The first-order valence-electron chi connectivity index (χ1n) is 13.4. The summed E-state index contributed by atoms with van der Waals surface area (Å²) in [5.41, 5.74) is 2.22. The van der Waals surface area contributed by atoms with Crippen LogP contribution in [0.3, 0.4) is 0 Å². The van der Waals surface area contributed by atoms with Crippen molar-refractivity contribution in [3.63, 3.8) is 0 Å². The fourth-order valence-corrected chi connectivity index (χ4v) is 7.06. The highest BCUT2D eigenvalue weighted by Gasteiger charge is 2.49. The highest BCUT2D eigenvalue weighted by Crippen LogP contribution is 2.45.